The Morgan fingerprint density at radius 3 is 2.64 bits per heavy atom. The van der Waals surface area contributed by atoms with Crippen molar-refractivity contribution in [3.05, 3.63) is 0 Å². The number of aliphatic hydroxyl groups is 2. The molecule has 1 atom stereocenters. The van der Waals surface area contributed by atoms with Gasteiger partial charge in [-0.05, 0) is 24.3 Å². The Morgan fingerprint density at radius 1 is 1.36 bits per heavy atom. The molecule has 2 nitrogen and oxygen atoms in total. The molecule has 0 heterocycles. The second-order valence-electron chi connectivity index (χ2n) is 2.34. The summed E-state index contributed by atoms with van der Waals surface area (Å²) in [4.78, 5) is 0. The van der Waals surface area contributed by atoms with Crippen LogP contribution in [0, 0.1) is 0 Å². The Labute approximate surface area is 77.8 Å². The molecule has 4 heteroatoms. The van der Waals surface area contributed by atoms with Gasteiger partial charge in [-0.1, -0.05) is 0 Å². The van der Waals surface area contributed by atoms with Crippen molar-refractivity contribution in [1.29, 1.82) is 0 Å². The minimum Gasteiger partial charge on any atom is -0.394 e. The first-order valence-electron chi connectivity index (χ1n) is 3.78. The molecule has 0 aliphatic heterocycles. The third-order valence-corrected chi connectivity index (χ3v) is 2.73. The molecular weight excluding hydrogens is 180 g/mol. The SMILES string of the molecule is OCC(O)CSCCCCS. The molecule has 0 aromatic heterocycles. The van der Waals surface area contributed by atoms with Gasteiger partial charge in [0.2, 0.25) is 0 Å². The third-order valence-electron chi connectivity index (χ3n) is 1.22. The van der Waals surface area contributed by atoms with Crippen LogP contribution in [0.1, 0.15) is 12.8 Å². The number of hydrogen-bond donors (Lipinski definition) is 3. The van der Waals surface area contributed by atoms with E-state index in [0.29, 0.717) is 5.75 Å². The highest BCUT2D eigenvalue weighted by molar-refractivity contribution is 7.99. The van der Waals surface area contributed by atoms with Gasteiger partial charge in [0.15, 0.2) is 0 Å². The van der Waals surface area contributed by atoms with Crippen LogP contribution in [0.15, 0.2) is 0 Å². The molecule has 0 aliphatic carbocycles. The lowest BCUT2D eigenvalue weighted by Crippen LogP contribution is -2.14. The van der Waals surface area contributed by atoms with Crippen LogP contribution in [0.3, 0.4) is 0 Å². The van der Waals surface area contributed by atoms with E-state index in [4.69, 9.17) is 10.2 Å². The number of unbranched alkanes of at least 4 members (excludes halogenated alkanes) is 1. The highest BCUT2D eigenvalue weighted by Gasteiger charge is 2.00. The summed E-state index contributed by atoms with van der Waals surface area (Å²) >= 11 is 5.77. The van der Waals surface area contributed by atoms with Gasteiger partial charge in [0, 0.05) is 5.75 Å². The molecule has 0 spiro atoms. The molecule has 11 heavy (non-hydrogen) atoms. The van der Waals surface area contributed by atoms with E-state index >= 15 is 0 Å². The summed E-state index contributed by atoms with van der Waals surface area (Å²) in [5.41, 5.74) is 0. The first-order chi connectivity index (χ1) is 5.31. The van der Waals surface area contributed by atoms with E-state index in [1.807, 2.05) is 0 Å². The Balaban J connectivity index is 2.89. The number of hydrogen-bond acceptors (Lipinski definition) is 4. The molecule has 68 valence electrons. The van der Waals surface area contributed by atoms with Gasteiger partial charge in [-0.3, -0.25) is 0 Å². The monoisotopic (exact) mass is 196 g/mol. The van der Waals surface area contributed by atoms with Crippen LogP contribution in [-0.2, 0) is 0 Å². The van der Waals surface area contributed by atoms with Crippen molar-refractivity contribution < 1.29 is 10.2 Å². The van der Waals surface area contributed by atoms with Crippen LogP contribution < -0.4 is 0 Å². The second-order valence-corrected chi connectivity index (χ2v) is 3.94. The zero-order chi connectivity index (χ0) is 8.53. The fourth-order valence-electron chi connectivity index (χ4n) is 0.588. The maximum Gasteiger partial charge on any atom is 0.0861 e. The van der Waals surface area contributed by atoms with E-state index in [0.717, 1.165) is 24.3 Å². The molecule has 0 amide bonds. The van der Waals surface area contributed by atoms with E-state index in [-0.39, 0.29) is 6.61 Å². The summed E-state index contributed by atoms with van der Waals surface area (Å²) in [6.45, 7) is -0.125. The highest BCUT2D eigenvalue weighted by Crippen LogP contribution is 2.06. The number of aliphatic hydroxyl groups excluding tert-OH is 2. The molecule has 2 N–H and O–H groups in total. The average Bonchev–Trinajstić information content (AvgIpc) is 2.04. The lowest BCUT2D eigenvalue weighted by molar-refractivity contribution is 0.113. The minimum atomic E-state index is -0.545. The van der Waals surface area contributed by atoms with Crippen molar-refractivity contribution in [2.24, 2.45) is 0 Å². The standard InChI is InChI=1S/C7H16O2S2/c8-5-7(9)6-11-4-2-1-3-10/h7-10H,1-6H2. The highest BCUT2D eigenvalue weighted by atomic mass is 32.2. The van der Waals surface area contributed by atoms with E-state index < -0.39 is 6.10 Å². The van der Waals surface area contributed by atoms with Crippen molar-refractivity contribution in [2.75, 3.05) is 23.9 Å². The molecule has 0 aromatic carbocycles. The average molecular weight is 196 g/mol. The van der Waals surface area contributed by atoms with Gasteiger partial charge < -0.3 is 10.2 Å². The molecular formula is C7H16O2S2. The maximum atomic E-state index is 8.93. The van der Waals surface area contributed by atoms with Gasteiger partial charge in [-0.15, -0.1) is 0 Å². The third kappa shape index (κ3) is 8.53. The first kappa shape index (κ1) is 11.6. The fourth-order valence-corrected chi connectivity index (χ4v) is 1.76. The predicted molar refractivity (Wildman–Crippen MR) is 53.5 cm³/mol. The Hall–Kier alpha value is 0.620. The largest absolute Gasteiger partial charge is 0.394 e. The van der Waals surface area contributed by atoms with Crippen LogP contribution in [0.5, 0.6) is 0 Å². The van der Waals surface area contributed by atoms with Gasteiger partial charge in [0.05, 0.1) is 12.7 Å². The van der Waals surface area contributed by atoms with Crippen molar-refractivity contribution >= 4 is 24.4 Å². The lowest BCUT2D eigenvalue weighted by atomic mass is 10.4. The summed E-state index contributed by atoms with van der Waals surface area (Å²) < 4.78 is 0. The number of thiol groups is 1. The predicted octanol–water partition coefficient (Wildman–Crippen LogP) is 0.783. The molecule has 0 aromatic rings. The van der Waals surface area contributed by atoms with Crippen LogP contribution in [0.25, 0.3) is 0 Å². The molecule has 1 unspecified atom stereocenters. The van der Waals surface area contributed by atoms with E-state index in [2.05, 4.69) is 12.6 Å². The van der Waals surface area contributed by atoms with E-state index in [1.54, 1.807) is 11.8 Å². The van der Waals surface area contributed by atoms with E-state index in [9.17, 15) is 0 Å². The normalized spacial score (nSPS) is 13.4. The van der Waals surface area contributed by atoms with Crippen LogP contribution in [0.2, 0.25) is 0 Å². The van der Waals surface area contributed by atoms with Gasteiger partial charge in [-0.2, -0.15) is 24.4 Å². The first-order valence-corrected chi connectivity index (χ1v) is 5.57. The summed E-state index contributed by atoms with van der Waals surface area (Å²) in [6.07, 6.45) is 1.73. The van der Waals surface area contributed by atoms with Gasteiger partial charge in [-0.25, -0.2) is 0 Å². The molecule has 0 bridgehead atoms. The zero-order valence-electron chi connectivity index (χ0n) is 6.57. The summed E-state index contributed by atoms with van der Waals surface area (Å²) in [6, 6.07) is 0. The van der Waals surface area contributed by atoms with Gasteiger partial charge >= 0.3 is 0 Å². The van der Waals surface area contributed by atoms with Crippen molar-refractivity contribution in [3.63, 3.8) is 0 Å². The zero-order valence-corrected chi connectivity index (χ0v) is 8.28. The van der Waals surface area contributed by atoms with Crippen molar-refractivity contribution in [1.82, 2.24) is 0 Å². The van der Waals surface area contributed by atoms with Crippen molar-refractivity contribution in [3.8, 4) is 0 Å². The quantitative estimate of drug-likeness (QED) is 0.416. The molecule has 0 radical (unpaired) electrons. The molecule has 0 rings (SSSR count). The van der Waals surface area contributed by atoms with Gasteiger partial charge in [0.1, 0.15) is 0 Å². The Kier molecular flexibility index (Phi) is 9.21. The molecule has 0 saturated heterocycles. The smallest absolute Gasteiger partial charge is 0.0861 e. The summed E-state index contributed by atoms with van der Waals surface area (Å²) in [5.74, 6) is 2.63. The number of rotatable bonds is 7. The second kappa shape index (κ2) is 8.71. The molecule has 0 fully saturated rings. The minimum absolute atomic E-state index is 0.125. The van der Waals surface area contributed by atoms with Crippen LogP contribution in [0.4, 0.5) is 0 Å². The maximum absolute atomic E-state index is 8.93. The van der Waals surface area contributed by atoms with Crippen molar-refractivity contribution in [2.45, 2.75) is 18.9 Å². The molecule has 0 saturated carbocycles. The van der Waals surface area contributed by atoms with Crippen LogP contribution >= 0.6 is 24.4 Å². The molecule has 0 aliphatic rings. The lowest BCUT2D eigenvalue weighted by Gasteiger charge is -2.05. The van der Waals surface area contributed by atoms with E-state index in [1.165, 1.54) is 0 Å². The Morgan fingerprint density at radius 2 is 2.09 bits per heavy atom. The van der Waals surface area contributed by atoms with Gasteiger partial charge in [0.25, 0.3) is 0 Å². The summed E-state index contributed by atoms with van der Waals surface area (Å²) in [7, 11) is 0. The number of thioether (sulfide) groups is 1. The van der Waals surface area contributed by atoms with Crippen LogP contribution in [-0.4, -0.2) is 40.2 Å². The topological polar surface area (TPSA) is 40.5 Å². The fraction of sp³-hybridized carbons (Fsp3) is 1.00. The Bertz CT molecular complexity index is 80.8. The summed E-state index contributed by atoms with van der Waals surface area (Å²) in [5, 5.41) is 17.4.